The first-order valence-corrected chi connectivity index (χ1v) is 10.3. The van der Waals surface area contributed by atoms with E-state index in [1.54, 1.807) is 24.3 Å². The Morgan fingerprint density at radius 1 is 0.581 bits per heavy atom. The van der Waals surface area contributed by atoms with Crippen LogP contribution in [0.5, 0.6) is 11.5 Å². The lowest BCUT2D eigenvalue weighted by Crippen LogP contribution is -2.16. The molecule has 0 fully saturated rings. The molecule has 1 heterocycles. The van der Waals surface area contributed by atoms with E-state index >= 15 is 0 Å². The molecule has 0 unspecified atom stereocenters. The molecule has 1 aliphatic heterocycles. The fraction of sp³-hybridized carbons (Fsp3) is 0.435. The second-order valence-corrected chi connectivity index (χ2v) is 6.69. The molecule has 2 aromatic carbocycles. The van der Waals surface area contributed by atoms with Gasteiger partial charge in [0.25, 0.3) is 0 Å². The summed E-state index contributed by atoms with van der Waals surface area (Å²) in [6, 6.07) is 12.3. The van der Waals surface area contributed by atoms with Gasteiger partial charge in [0.05, 0.1) is 58.4 Å². The number of hydrogen-bond acceptors (Lipinski definition) is 7. The van der Waals surface area contributed by atoms with Crippen LogP contribution >= 0.6 is 0 Å². The van der Waals surface area contributed by atoms with Gasteiger partial charge in [-0.3, -0.25) is 0 Å². The molecule has 1 aliphatic rings. The molecule has 168 valence electrons. The second-order valence-electron chi connectivity index (χ2n) is 6.69. The maximum atomic E-state index is 11.1. The number of benzene rings is 2. The molecule has 0 aliphatic carbocycles. The summed E-state index contributed by atoms with van der Waals surface area (Å²) < 4.78 is 33.7. The average molecular weight is 432 g/mol. The van der Waals surface area contributed by atoms with Gasteiger partial charge in [0.15, 0.2) is 11.5 Å². The van der Waals surface area contributed by atoms with Crippen LogP contribution in [-0.2, 0) is 18.9 Å². The topological polar surface area (TPSA) is 92.7 Å². The van der Waals surface area contributed by atoms with Crippen molar-refractivity contribution in [3.8, 4) is 22.6 Å². The lowest BCUT2D eigenvalue weighted by molar-refractivity contribution is -0.00841. The van der Waals surface area contributed by atoms with E-state index in [-0.39, 0.29) is 5.56 Å². The third kappa shape index (κ3) is 7.84. The van der Waals surface area contributed by atoms with E-state index in [0.29, 0.717) is 77.6 Å². The van der Waals surface area contributed by atoms with Crippen LogP contribution in [0.1, 0.15) is 10.4 Å². The Hall–Kier alpha value is -2.65. The predicted molar refractivity (Wildman–Crippen MR) is 113 cm³/mol. The smallest absolute Gasteiger partial charge is 0.335 e. The fourth-order valence-corrected chi connectivity index (χ4v) is 2.91. The van der Waals surface area contributed by atoms with Crippen LogP contribution in [0.15, 0.2) is 42.5 Å². The molecule has 0 spiro atoms. The number of carboxylic acids is 1. The molecule has 3 rings (SSSR count). The van der Waals surface area contributed by atoms with Gasteiger partial charge in [-0.2, -0.15) is 0 Å². The van der Waals surface area contributed by atoms with E-state index in [1.807, 2.05) is 18.2 Å². The van der Waals surface area contributed by atoms with Crippen molar-refractivity contribution in [2.24, 2.45) is 0 Å². The molecule has 0 aromatic heterocycles. The van der Waals surface area contributed by atoms with Crippen LogP contribution in [0.25, 0.3) is 11.1 Å². The Balaban J connectivity index is 1.68. The van der Waals surface area contributed by atoms with Crippen molar-refractivity contribution in [3.63, 3.8) is 0 Å². The Morgan fingerprint density at radius 3 is 1.55 bits per heavy atom. The molecule has 0 atom stereocenters. The van der Waals surface area contributed by atoms with Crippen LogP contribution in [0.2, 0.25) is 0 Å². The molecular weight excluding hydrogens is 404 g/mol. The number of ether oxygens (including phenoxy) is 6. The summed E-state index contributed by atoms with van der Waals surface area (Å²) in [5.74, 6) is 0.240. The zero-order valence-electron chi connectivity index (χ0n) is 17.4. The number of hydrogen-bond donors (Lipinski definition) is 1. The number of aromatic carboxylic acids is 1. The predicted octanol–water partition coefficient (Wildman–Crippen LogP) is 2.89. The minimum absolute atomic E-state index is 0.242. The molecule has 31 heavy (non-hydrogen) atoms. The van der Waals surface area contributed by atoms with Gasteiger partial charge in [0.2, 0.25) is 0 Å². The normalized spacial score (nSPS) is 17.3. The lowest BCUT2D eigenvalue weighted by Gasteiger charge is -2.15. The summed E-state index contributed by atoms with van der Waals surface area (Å²) in [6.45, 7) is 4.59. The Bertz CT molecular complexity index is 806. The van der Waals surface area contributed by atoms with Gasteiger partial charge < -0.3 is 33.5 Å². The molecule has 0 bridgehead atoms. The monoisotopic (exact) mass is 432 g/mol. The summed E-state index contributed by atoms with van der Waals surface area (Å²) in [6.07, 6.45) is 0. The quantitative estimate of drug-likeness (QED) is 0.775. The second kappa shape index (κ2) is 12.9. The number of carboxylic acid groups (broad SMARTS) is 1. The summed E-state index contributed by atoms with van der Waals surface area (Å²) >= 11 is 0. The number of fused-ring (bicyclic) bond motifs is 1. The molecule has 0 saturated heterocycles. The SMILES string of the molecule is O=C(O)c1ccc(-c2ccc3c(c2)OCCOCCOCCOCCOCCO3)cc1. The van der Waals surface area contributed by atoms with Crippen molar-refractivity contribution in [1.82, 2.24) is 0 Å². The Kier molecular flexibility index (Phi) is 9.59. The minimum atomic E-state index is -0.954. The maximum Gasteiger partial charge on any atom is 0.335 e. The van der Waals surface area contributed by atoms with E-state index in [4.69, 9.17) is 33.5 Å². The highest BCUT2D eigenvalue weighted by Gasteiger charge is 2.10. The molecule has 2 aromatic rings. The molecular formula is C23H28O8. The van der Waals surface area contributed by atoms with Gasteiger partial charge in [-0.05, 0) is 35.4 Å². The van der Waals surface area contributed by atoms with Crippen molar-refractivity contribution in [2.45, 2.75) is 0 Å². The van der Waals surface area contributed by atoms with Crippen molar-refractivity contribution in [1.29, 1.82) is 0 Å². The highest BCUT2D eigenvalue weighted by Crippen LogP contribution is 2.33. The van der Waals surface area contributed by atoms with Gasteiger partial charge in [-0.1, -0.05) is 18.2 Å². The van der Waals surface area contributed by atoms with Crippen molar-refractivity contribution < 1.29 is 38.3 Å². The van der Waals surface area contributed by atoms with Gasteiger partial charge >= 0.3 is 5.97 Å². The van der Waals surface area contributed by atoms with Gasteiger partial charge in [-0.15, -0.1) is 0 Å². The van der Waals surface area contributed by atoms with E-state index < -0.39 is 5.97 Å². The summed E-state index contributed by atoms with van der Waals surface area (Å²) in [5, 5.41) is 9.08. The number of rotatable bonds is 2. The number of carbonyl (C=O) groups is 1. The first-order valence-electron chi connectivity index (χ1n) is 10.3. The Morgan fingerprint density at radius 2 is 1.03 bits per heavy atom. The van der Waals surface area contributed by atoms with E-state index in [1.165, 1.54) is 0 Å². The van der Waals surface area contributed by atoms with Crippen LogP contribution < -0.4 is 9.47 Å². The molecule has 0 saturated carbocycles. The van der Waals surface area contributed by atoms with Crippen LogP contribution in [0, 0.1) is 0 Å². The van der Waals surface area contributed by atoms with Crippen LogP contribution in [-0.4, -0.2) is 77.1 Å². The molecule has 0 amide bonds. The molecule has 0 radical (unpaired) electrons. The third-order valence-corrected chi connectivity index (χ3v) is 4.50. The van der Waals surface area contributed by atoms with E-state index in [9.17, 15) is 4.79 Å². The van der Waals surface area contributed by atoms with Crippen LogP contribution in [0.3, 0.4) is 0 Å². The minimum Gasteiger partial charge on any atom is -0.487 e. The summed E-state index contributed by atoms with van der Waals surface area (Å²) in [4.78, 5) is 11.1. The largest absolute Gasteiger partial charge is 0.487 e. The maximum absolute atomic E-state index is 11.1. The average Bonchev–Trinajstić information content (AvgIpc) is 2.79. The standard InChI is InChI=1S/C23H28O8/c24-23(25)19-3-1-18(2-4-19)20-5-6-21-22(17-20)31-16-14-29-12-10-27-8-7-26-9-11-28-13-15-30-21/h1-6,17H,7-16H2,(H,24,25). The molecule has 8 heteroatoms. The lowest BCUT2D eigenvalue weighted by atomic mass is 10.0. The van der Waals surface area contributed by atoms with Crippen molar-refractivity contribution in [3.05, 3.63) is 48.0 Å². The first kappa shape index (κ1) is 23.0. The third-order valence-electron chi connectivity index (χ3n) is 4.50. The fourth-order valence-electron chi connectivity index (χ4n) is 2.91. The molecule has 8 nitrogen and oxygen atoms in total. The van der Waals surface area contributed by atoms with E-state index in [2.05, 4.69) is 0 Å². The first-order chi connectivity index (χ1) is 15.2. The van der Waals surface area contributed by atoms with Gasteiger partial charge in [0, 0.05) is 0 Å². The highest BCUT2D eigenvalue weighted by molar-refractivity contribution is 5.88. The van der Waals surface area contributed by atoms with Crippen molar-refractivity contribution in [2.75, 3.05) is 66.1 Å². The van der Waals surface area contributed by atoms with Crippen molar-refractivity contribution >= 4 is 5.97 Å². The Labute approximate surface area is 181 Å². The zero-order chi connectivity index (χ0) is 21.7. The van der Waals surface area contributed by atoms with Gasteiger partial charge in [-0.25, -0.2) is 4.79 Å². The van der Waals surface area contributed by atoms with Crippen LogP contribution in [0.4, 0.5) is 0 Å². The van der Waals surface area contributed by atoms with Gasteiger partial charge in [0.1, 0.15) is 13.2 Å². The summed E-state index contributed by atoms with van der Waals surface area (Å²) in [5.41, 5.74) is 2.02. The molecule has 1 N–H and O–H groups in total. The van der Waals surface area contributed by atoms with E-state index in [0.717, 1.165) is 11.1 Å². The summed E-state index contributed by atoms with van der Waals surface area (Å²) in [7, 11) is 0. The zero-order valence-corrected chi connectivity index (χ0v) is 17.4. The highest BCUT2D eigenvalue weighted by atomic mass is 16.6.